The van der Waals surface area contributed by atoms with Crippen LogP contribution in [0.25, 0.3) is 0 Å². The number of ether oxygens (including phenoxy) is 2. The molecule has 1 heterocycles. The zero-order valence-electron chi connectivity index (χ0n) is 13.2. The standard InChI is InChI=1S/C18H25NO3/c1-19(15-7-13-9-16(20)10-14(13)8-15)11-12-2-3-17-18(6-12)22-5-4-21-17/h2-3,6,13-16,20H,4-5,7-11H2,1H3/t13-,14+,15?,16?. The van der Waals surface area contributed by atoms with Crippen LogP contribution < -0.4 is 9.47 Å². The van der Waals surface area contributed by atoms with Crippen molar-refractivity contribution in [3.63, 3.8) is 0 Å². The predicted octanol–water partition coefficient (Wildman–Crippen LogP) is 2.44. The molecule has 2 aliphatic carbocycles. The third kappa shape index (κ3) is 2.70. The quantitative estimate of drug-likeness (QED) is 0.931. The van der Waals surface area contributed by atoms with Crippen LogP contribution in [0.2, 0.25) is 0 Å². The van der Waals surface area contributed by atoms with Gasteiger partial charge in [-0.1, -0.05) is 6.07 Å². The summed E-state index contributed by atoms with van der Waals surface area (Å²) in [6.07, 6.45) is 4.46. The summed E-state index contributed by atoms with van der Waals surface area (Å²) in [5.74, 6) is 3.22. The van der Waals surface area contributed by atoms with Crippen LogP contribution >= 0.6 is 0 Å². The monoisotopic (exact) mass is 303 g/mol. The minimum Gasteiger partial charge on any atom is -0.486 e. The second kappa shape index (κ2) is 5.74. The molecule has 2 unspecified atom stereocenters. The Labute approximate surface area is 132 Å². The lowest BCUT2D eigenvalue weighted by molar-refractivity contribution is 0.157. The van der Waals surface area contributed by atoms with Gasteiger partial charge in [-0.3, -0.25) is 4.90 Å². The molecule has 1 aromatic carbocycles. The first-order chi connectivity index (χ1) is 10.7. The van der Waals surface area contributed by atoms with Crippen LogP contribution in [0.1, 0.15) is 31.2 Å². The van der Waals surface area contributed by atoms with E-state index in [9.17, 15) is 5.11 Å². The van der Waals surface area contributed by atoms with E-state index in [-0.39, 0.29) is 6.10 Å². The summed E-state index contributed by atoms with van der Waals surface area (Å²) in [4.78, 5) is 2.47. The van der Waals surface area contributed by atoms with Gasteiger partial charge in [0, 0.05) is 12.6 Å². The normalized spacial score (nSPS) is 33.2. The third-order valence-electron chi connectivity index (χ3n) is 5.63. The molecule has 4 nitrogen and oxygen atoms in total. The summed E-state index contributed by atoms with van der Waals surface area (Å²) in [6, 6.07) is 6.93. The molecular weight excluding hydrogens is 278 g/mol. The van der Waals surface area contributed by atoms with Gasteiger partial charge >= 0.3 is 0 Å². The lowest BCUT2D eigenvalue weighted by Gasteiger charge is -2.26. The van der Waals surface area contributed by atoms with Gasteiger partial charge in [0.1, 0.15) is 13.2 Å². The molecule has 1 aliphatic heterocycles. The molecule has 2 saturated carbocycles. The van der Waals surface area contributed by atoms with E-state index in [0.717, 1.165) is 42.7 Å². The topological polar surface area (TPSA) is 41.9 Å². The molecule has 0 amide bonds. The Balaban J connectivity index is 1.39. The summed E-state index contributed by atoms with van der Waals surface area (Å²) in [5.41, 5.74) is 1.28. The second-order valence-corrected chi connectivity index (χ2v) is 7.16. The highest BCUT2D eigenvalue weighted by molar-refractivity contribution is 5.43. The highest BCUT2D eigenvalue weighted by Gasteiger charge is 2.42. The maximum Gasteiger partial charge on any atom is 0.161 e. The van der Waals surface area contributed by atoms with E-state index in [4.69, 9.17) is 9.47 Å². The number of benzene rings is 1. The van der Waals surface area contributed by atoms with E-state index in [1.54, 1.807) is 0 Å². The first-order valence-electron chi connectivity index (χ1n) is 8.46. The maximum atomic E-state index is 9.77. The zero-order chi connectivity index (χ0) is 15.1. The van der Waals surface area contributed by atoms with Crippen molar-refractivity contribution in [2.45, 2.75) is 44.4 Å². The molecule has 22 heavy (non-hydrogen) atoms. The summed E-state index contributed by atoms with van der Waals surface area (Å²) in [5, 5.41) is 9.77. The fraction of sp³-hybridized carbons (Fsp3) is 0.667. The van der Waals surface area contributed by atoms with Crippen molar-refractivity contribution in [2.24, 2.45) is 11.8 Å². The lowest BCUT2D eigenvalue weighted by Crippen LogP contribution is -2.30. The number of aliphatic hydroxyl groups excluding tert-OH is 1. The molecule has 4 heteroatoms. The zero-order valence-corrected chi connectivity index (χ0v) is 13.2. The van der Waals surface area contributed by atoms with Gasteiger partial charge in [-0.15, -0.1) is 0 Å². The Morgan fingerprint density at radius 3 is 2.45 bits per heavy atom. The van der Waals surface area contributed by atoms with Crippen molar-refractivity contribution in [1.82, 2.24) is 4.90 Å². The highest BCUT2D eigenvalue weighted by Crippen LogP contribution is 2.45. The van der Waals surface area contributed by atoms with E-state index in [0.29, 0.717) is 19.3 Å². The number of fused-ring (bicyclic) bond motifs is 2. The van der Waals surface area contributed by atoms with Crippen LogP contribution in [0, 0.1) is 11.8 Å². The van der Waals surface area contributed by atoms with Gasteiger partial charge in [0.25, 0.3) is 0 Å². The Bertz CT molecular complexity index is 533. The van der Waals surface area contributed by atoms with Crippen LogP contribution in [-0.2, 0) is 6.54 Å². The highest BCUT2D eigenvalue weighted by atomic mass is 16.6. The minimum absolute atomic E-state index is 0.0425. The Morgan fingerprint density at radius 1 is 1.05 bits per heavy atom. The molecule has 2 fully saturated rings. The Kier molecular flexibility index (Phi) is 3.74. The Morgan fingerprint density at radius 2 is 1.73 bits per heavy atom. The van der Waals surface area contributed by atoms with Gasteiger partial charge < -0.3 is 14.6 Å². The molecule has 0 saturated heterocycles. The molecule has 0 bridgehead atoms. The largest absolute Gasteiger partial charge is 0.486 e. The smallest absolute Gasteiger partial charge is 0.161 e. The van der Waals surface area contributed by atoms with Crippen molar-refractivity contribution < 1.29 is 14.6 Å². The summed E-state index contributed by atoms with van der Waals surface area (Å²) >= 11 is 0. The van der Waals surface area contributed by atoms with E-state index in [1.165, 1.54) is 18.4 Å². The van der Waals surface area contributed by atoms with E-state index < -0.39 is 0 Å². The molecule has 1 aromatic rings. The van der Waals surface area contributed by atoms with Crippen LogP contribution in [0.5, 0.6) is 11.5 Å². The molecule has 0 radical (unpaired) electrons. The first-order valence-corrected chi connectivity index (χ1v) is 8.46. The van der Waals surface area contributed by atoms with Gasteiger partial charge in [-0.2, -0.15) is 0 Å². The molecule has 4 atom stereocenters. The number of hydrogen-bond acceptors (Lipinski definition) is 4. The summed E-state index contributed by atoms with van der Waals surface area (Å²) in [6.45, 7) is 2.23. The van der Waals surface area contributed by atoms with Crippen LogP contribution in [-0.4, -0.2) is 42.4 Å². The maximum absolute atomic E-state index is 9.77. The minimum atomic E-state index is -0.0425. The second-order valence-electron chi connectivity index (χ2n) is 7.16. The molecule has 4 rings (SSSR count). The van der Waals surface area contributed by atoms with Gasteiger partial charge in [0.05, 0.1) is 6.10 Å². The average molecular weight is 303 g/mol. The number of hydrogen-bond donors (Lipinski definition) is 1. The first kappa shape index (κ1) is 14.3. The van der Waals surface area contributed by atoms with Crippen molar-refractivity contribution in [1.29, 1.82) is 0 Å². The predicted molar refractivity (Wildman–Crippen MR) is 84.1 cm³/mol. The van der Waals surface area contributed by atoms with Crippen LogP contribution in [0.15, 0.2) is 18.2 Å². The average Bonchev–Trinajstić information content (AvgIpc) is 3.04. The molecule has 1 N–H and O–H groups in total. The lowest BCUT2D eigenvalue weighted by atomic mass is 10.0. The summed E-state index contributed by atoms with van der Waals surface area (Å²) in [7, 11) is 2.22. The number of nitrogens with zero attached hydrogens (tertiary/aromatic N) is 1. The fourth-order valence-electron chi connectivity index (χ4n) is 4.52. The van der Waals surface area contributed by atoms with Crippen molar-refractivity contribution in [2.75, 3.05) is 20.3 Å². The number of rotatable bonds is 3. The van der Waals surface area contributed by atoms with Gasteiger partial charge in [-0.25, -0.2) is 0 Å². The van der Waals surface area contributed by atoms with E-state index >= 15 is 0 Å². The Hall–Kier alpha value is -1.26. The van der Waals surface area contributed by atoms with Gasteiger partial charge in [0.2, 0.25) is 0 Å². The van der Waals surface area contributed by atoms with Crippen LogP contribution in [0.3, 0.4) is 0 Å². The molecule has 0 spiro atoms. The van der Waals surface area contributed by atoms with E-state index in [1.807, 2.05) is 6.07 Å². The summed E-state index contributed by atoms with van der Waals surface area (Å²) < 4.78 is 11.3. The molecule has 0 aromatic heterocycles. The van der Waals surface area contributed by atoms with E-state index in [2.05, 4.69) is 24.1 Å². The SMILES string of the molecule is CN(Cc1ccc2c(c1)OCCO2)C1C[C@H]2CC(O)C[C@H]2C1. The van der Waals surface area contributed by atoms with Crippen molar-refractivity contribution >= 4 is 0 Å². The molecule has 120 valence electrons. The van der Waals surface area contributed by atoms with Crippen LogP contribution in [0.4, 0.5) is 0 Å². The number of aliphatic hydroxyl groups is 1. The van der Waals surface area contributed by atoms with Gasteiger partial charge in [-0.05, 0) is 62.3 Å². The van der Waals surface area contributed by atoms with Crippen molar-refractivity contribution in [3.05, 3.63) is 23.8 Å². The molecule has 3 aliphatic rings. The third-order valence-corrected chi connectivity index (χ3v) is 5.63. The molecular formula is C18H25NO3. The van der Waals surface area contributed by atoms with Gasteiger partial charge in [0.15, 0.2) is 11.5 Å². The fourth-order valence-corrected chi connectivity index (χ4v) is 4.52. The van der Waals surface area contributed by atoms with Crippen molar-refractivity contribution in [3.8, 4) is 11.5 Å².